The molecule has 0 spiro atoms. The van der Waals surface area contributed by atoms with Gasteiger partial charge in [-0.3, -0.25) is 37.3 Å². The summed E-state index contributed by atoms with van der Waals surface area (Å²) in [5.41, 5.74) is 0. The molecule has 0 aliphatic carbocycles. The average molecular weight is 1470 g/mol. The summed E-state index contributed by atoms with van der Waals surface area (Å²) < 4.78 is 68.7. The molecule has 100 heavy (non-hydrogen) atoms. The maximum atomic E-state index is 13.1. The van der Waals surface area contributed by atoms with Gasteiger partial charge in [0.2, 0.25) is 0 Å². The zero-order valence-electron chi connectivity index (χ0n) is 65.7. The number of unbranched alkanes of at least 4 members (excludes halogenated alkanes) is 47. The summed E-state index contributed by atoms with van der Waals surface area (Å²) in [6.07, 6.45) is 59.5. The van der Waals surface area contributed by atoms with Crippen LogP contribution in [0, 0.1) is 17.8 Å². The number of carbonyl (C=O) groups is 4. The lowest BCUT2D eigenvalue weighted by Gasteiger charge is -2.21. The van der Waals surface area contributed by atoms with Gasteiger partial charge in [0.15, 0.2) is 12.2 Å². The van der Waals surface area contributed by atoms with Crippen LogP contribution in [0.3, 0.4) is 0 Å². The number of esters is 4. The fourth-order valence-electron chi connectivity index (χ4n) is 12.5. The molecule has 0 aliphatic heterocycles. The van der Waals surface area contributed by atoms with Crippen LogP contribution in [-0.2, 0) is 65.4 Å². The molecule has 0 aromatic rings. The van der Waals surface area contributed by atoms with Gasteiger partial charge < -0.3 is 33.8 Å². The summed E-state index contributed by atoms with van der Waals surface area (Å²) in [4.78, 5) is 73.1. The fraction of sp³-hybridized carbons (Fsp3) is 0.951. The van der Waals surface area contributed by atoms with Gasteiger partial charge in [-0.2, -0.15) is 0 Å². The van der Waals surface area contributed by atoms with Crippen LogP contribution in [0.4, 0.5) is 0 Å². The highest BCUT2D eigenvalue weighted by molar-refractivity contribution is 7.47. The lowest BCUT2D eigenvalue weighted by atomic mass is 10.0. The third-order valence-corrected chi connectivity index (χ3v) is 20.8. The molecule has 594 valence electrons. The summed E-state index contributed by atoms with van der Waals surface area (Å²) in [6, 6.07) is 0. The average Bonchev–Trinajstić information content (AvgIpc) is 0.969. The van der Waals surface area contributed by atoms with Crippen molar-refractivity contribution in [3.8, 4) is 0 Å². The number of aliphatic hydroxyl groups is 1. The number of carbonyl (C=O) groups excluding carboxylic acids is 4. The van der Waals surface area contributed by atoms with Crippen molar-refractivity contribution < 1.29 is 80.2 Å². The van der Waals surface area contributed by atoms with Gasteiger partial charge in [-0.1, -0.05) is 370 Å². The van der Waals surface area contributed by atoms with E-state index < -0.39 is 97.5 Å². The predicted molar refractivity (Wildman–Crippen MR) is 409 cm³/mol. The van der Waals surface area contributed by atoms with Gasteiger partial charge in [0.25, 0.3) is 0 Å². The summed E-state index contributed by atoms with van der Waals surface area (Å²) in [6.45, 7) is 12.0. The first-order valence-corrected chi connectivity index (χ1v) is 44.8. The van der Waals surface area contributed by atoms with Crippen molar-refractivity contribution in [2.24, 2.45) is 17.8 Å². The topological polar surface area (TPSA) is 237 Å². The molecule has 0 saturated carbocycles. The normalized spacial score (nSPS) is 14.0. The monoisotopic (exact) mass is 1470 g/mol. The Hall–Kier alpha value is -1.94. The van der Waals surface area contributed by atoms with E-state index in [-0.39, 0.29) is 25.7 Å². The van der Waals surface area contributed by atoms with Gasteiger partial charge in [-0.25, -0.2) is 9.13 Å². The Morgan fingerprint density at radius 3 is 0.680 bits per heavy atom. The van der Waals surface area contributed by atoms with Crippen molar-refractivity contribution in [1.29, 1.82) is 0 Å². The van der Waals surface area contributed by atoms with Crippen molar-refractivity contribution in [3.63, 3.8) is 0 Å². The van der Waals surface area contributed by atoms with E-state index in [0.717, 1.165) is 108 Å². The number of rotatable bonds is 79. The van der Waals surface area contributed by atoms with Crippen LogP contribution in [0.5, 0.6) is 0 Å². The van der Waals surface area contributed by atoms with Crippen LogP contribution in [-0.4, -0.2) is 96.7 Å². The van der Waals surface area contributed by atoms with Crippen molar-refractivity contribution in [3.05, 3.63) is 0 Å². The van der Waals surface area contributed by atoms with E-state index in [1.165, 1.54) is 231 Å². The van der Waals surface area contributed by atoms with E-state index in [9.17, 15) is 43.2 Å². The highest BCUT2D eigenvalue weighted by Gasteiger charge is 2.30. The van der Waals surface area contributed by atoms with Gasteiger partial charge in [-0.05, 0) is 43.4 Å². The second-order valence-electron chi connectivity index (χ2n) is 30.6. The van der Waals surface area contributed by atoms with Crippen LogP contribution >= 0.6 is 15.6 Å². The minimum Gasteiger partial charge on any atom is -0.462 e. The standard InChI is InChI=1S/C81H158O17P2/c1-8-9-10-11-12-13-24-34-41-48-55-62-78(83)91-68-76(97-81(86)65-58-51-44-37-30-23-17-20-27-33-40-47-54-61-74(6)7)70-95-99(87,88)93-66-75(82)67-94-100(89,90)96-71-77(69-92-79(84)63-56-49-42-35-28-22-16-19-26-32-39-46-53-60-73(4)5)98-80(85)64-57-50-43-36-29-21-15-14-18-25-31-38-45-52-59-72(2)3/h72-77,82H,8-71H2,1-7H3,(H,87,88)(H,89,90)/t75-,76+,77+/m0/s1. The molecule has 2 unspecified atom stereocenters. The van der Waals surface area contributed by atoms with Gasteiger partial charge in [0.05, 0.1) is 26.4 Å². The molecule has 5 atom stereocenters. The van der Waals surface area contributed by atoms with Crippen LogP contribution < -0.4 is 0 Å². The first-order valence-electron chi connectivity index (χ1n) is 41.8. The molecular weight excluding hydrogens is 1310 g/mol. The first-order chi connectivity index (χ1) is 48.2. The Labute approximate surface area is 613 Å². The molecule has 3 N–H and O–H groups in total. The van der Waals surface area contributed by atoms with Crippen LogP contribution in [0.2, 0.25) is 0 Å². The highest BCUT2D eigenvalue weighted by Crippen LogP contribution is 2.45. The zero-order chi connectivity index (χ0) is 73.7. The number of phosphoric acid groups is 2. The van der Waals surface area contributed by atoms with Crippen LogP contribution in [0.25, 0.3) is 0 Å². The molecule has 0 amide bonds. The Bertz CT molecular complexity index is 1940. The maximum Gasteiger partial charge on any atom is 0.472 e. The molecule has 0 saturated heterocycles. The number of phosphoric ester groups is 2. The number of ether oxygens (including phenoxy) is 4. The second kappa shape index (κ2) is 71.3. The minimum absolute atomic E-state index is 0.107. The molecule has 0 aromatic carbocycles. The summed E-state index contributed by atoms with van der Waals surface area (Å²) in [5.74, 6) is 0.264. The largest absolute Gasteiger partial charge is 0.472 e. The van der Waals surface area contributed by atoms with Gasteiger partial charge >= 0.3 is 39.5 Å². The molecule has 0 bridgehead atoms. The number of hydrogen-bond acceptors (Lipinski definition) is 15. The van der Waals surface area contributed by atoms with Gasteiger partial charge in [0.1, 0.15) is 19.3 Å². The Kier molecular flexibility index (Phi) is 69.9. The van der Waals surface area contributed by atoms with Crippen LogP contribution in [0.1, 0.15) is 421 Å². The predicted octanol–water partition coefficient (Wildman–Crippen LogP) is 24.1. The maximum absolute atomic E-state index is 13.1. The number of hydrogen-bond donors (Lipinski definition) is 3. The summed E-state index contributed by atoms with van der Waals surface area (Å²) >= 11 is 0. The van der Waals surface area contributed by atoms with E-state index >= 15 is 0 Å². The van der Waals surface area contributed by atoms with E-state index in [4.69, 9.17) is 37.0 Å². The van der Waals surface area contributed by atoms with Gasteiger partial charge in [0, 0.05) is 25.7 Å². The molecule has 0 aliphatic rings. The highest BCUT2D eigenvalue weighted by atomic mass is 31.2. The van der Waals surface area contributed by atoms with Crippen molar-refractivity contribution in [2.45, 2.75) is 439 Å². The van der Waals surface area contributed by atoms with Crippen molar-refractivity contribution >= 4 is 39.5 Å². The van der Waals surface area contributed by atoms with Crippen molar-refractivity contribution in [1.82, 2.24) is 0 Å². The molecule has 0 aromatic heterocycles. The SMILES string of the molecule is CCCCCCCCCCCCCC(=O)OC[C@H](COP(=O)(O)OC[C@H](O)COP(=O)(O)OC[C@@H](COC(=O)CCCCCCCCCCCCCCCC(C)C)OC(=O)CCCCCCCCCCCCCCCCC(C)C)OC(=O)CCCCCCCCCCCCCCCC(C)C. The molecule has 0 fully saturated rings. The molecule has 17 nitrogen and oxygen atoms in total. The Morgan fingerprint density at radius 1 is 0.270 bits per heavy atom. The Morgan fingerprint density at radius 2 is 0.460 bits per heavy atom. The molecule has 0 radical (unpaired) electrons. The summed E-state index contributed by atoms with van der Waals surface area (Å²) in [5, 5.41) is 10.6. The molecule has 19 heteroatoms. The lowest BCUT2D eigenvalue weighted by Crippen LogP contribution is -2.30. The Balaban J connectivity index is 5.26. The minimum atomic E-state index is -4.96. The lowest BCUT2D eigenvalue weighted by molar-refractivity contribution is -0.161. The smallest absolute Gasteiger partial charge is 0.462 e. The second-order valence-corrected chi connectivity index (χ2v) is 33.5. The fourth-order valence-corrected chi connectivity index (χ4v) is 14.1. The number of aliphatic hydroxyl groups excluding tert-OH is 1. The third-order valence-electron chi connectivity index (χ3n) is 18.9. The third kappa shape index (κ3) is 74.3. The summed E-state index contributed by atoms with van der Waals surface area (Å²) in [7, 11) is -9.92. The molecular formula is C81H158O17P2. The van der Waals surface area contributed by atoms with Gasteiger partial charge in [-0.15, -0.1) is 0 Å². The van der Waals surface area contributed by atoms with E-state index in [1.54, 1.807) is 0 Å². The molecule has 0 rings (SSSR count). The zero-order valence-corrected chi connectivity index (χ0v) is 67.5. The first kappa shape index (κ1) is 98.1. The van der Waals surface area contributed by atoms with E-state index in [1.807, 2.05) is 0 Å². The van der Waals surface area contributed by atoms with E-state index in [0.29, 0.717) is 25.7 Å². The van der Waals surface area contributed by atoms with Crippen LogP contribution in [0.15, 0.2) is 0 Å². The quantitative estimate of drug-likeness (QED) is 0.0222. The van der Waals surface area contributed by atoms with Crippen molar-refractivity contribution in [2.75, 3.05) is 39.6 Å². The molecule has 0 heterocycles. The van der Waals surface area contributed by atoms with E-state index in [2.05, 4.69) is 48.5 Å².